The molecule has 4 nitrogen and oxygen atoms in total. The van der Waals surface area contributed by atoms with Crippen LogP contribution in [0.4, 0.5) is 0 Å². The second kappa shape index (κ2) is 5.08. The third-order valence-electron chi connectivity index (χ3n) is 4.90. The number of nitrogens with zero attached hydrogens (tertiary/aromatic N) is 1. The maximum atomic E-state index is 13.1. The normalized spacial score (nSPS) is 30.4. The van der Waals surface area contributed by atoms with Crippen molar-refractivity contribution in [1.29, 1.82) is 0 Å². The number of Topliss-reactive ketones (excluding diaryl/α,β-unsaturated/α-hetero) is 1. The minimum absolute atomic E-state index is 0.0256. The van der Waals surface area contributed by atoms with Crippen LogP contribution in [0.15, 0.2) is 0 Å². The first-order valence-electron chi connectivity index (χ1n) is 7.76. The van der Waals surface area contributed by atoms with Crippen molar-refractivity contribution >= 4 is 5.78 Å². The average molecular weight is 282 g/mol. The fraction of sp³-hybridized carbons (Fsp3) is 0.938. The summed E-state index contributed by atoms with van der Waals surface area (Å²) in [6, 6.07) is 0. The van der Waals surface area contributed by atoms with Gasteiger partial charge in [0.2, 0.25) is 0 Å². The summed E-state index contributed by atoms with van der Waals surface area (Å²) in [5, 5.41) is 3.35. The van der Waals surface area contributed by atoms with E-state index < -0.39 is 5.54 Å². The van der Waals surface area contributed by atoms with Crippen molar-refractivity contribution in [3.63, 3.8) is 0 Å². The lowest BCUT2D eigenvalue weighted by atomic mass is 9.76. The number of hydrogen-bond acceptors (Lipinski definition) is 4. The van der Waals surface area contributed by atoms with Crippen LogP contribution >= 0.6 is 0 Å². The predicted octanol–water partition coefficient (Wildman–Crippen LogP) is 1.83. The number of ether oxygens (including phenoxy) is 1. The molecule has 4 heteroatoms. The van der Waals surface area contributed by atoms with Gasteiger partial charge in [0.05, 0.1) is 22.7 Å². The highest BCUT2D eigenvalue weighted by Crippen LogP contribution is 2.44. The Labute approximate surface area is 123 Å². The molecule has 1 N–H and O–H groups in total. The summed E-state index contributed by atoms with van der Waals surface area (Å²) >= 11 is 0. The third kappa shape index (κ3) is 2.92. The van der Waals surface area contributed by atoms with E-state index in [1.54, 1.807) is 0 Å². The van der Waals surface area contributed by atoms with Gasteiger partial charge in [-0.05, 0) is 48.0 Å². The Hall–Kier alpha value is -0.450. The second-order valence-corrected chi connectivity index (χ2v) is 7.88. The van der Waals surface area contributed by atoms with Crippen molar-refractivity contribution in [1.82, 2.24) is 10.2 Å². The summed E-state index contributed by atoms with van der Waals surface area (Å²) in [6.07, 6.45) is 0.814. The van der Waals surface area contributed by atoms with E-state index >= 15 is 0 Å². The molecule has 0 aromatic heterocycles. The van der Waals surface area contributed by atoms with E-state index in [0.29, 0.717) is 5.78 Å². The van der Waals surface area contributed by atoms with Crippen LogP contribution in [-0.4, -0.2) is 53.6 Å². The monoisotopic (exact) mass is 282 g/mol. The van der Waals surface area contributed by atoms with Crippen LogP contribution in [-0.2, 0) is 9.53 Å². The largest absolute Gasteiger partial charge is 0.369 e. The Morgan fingerprint density at radius 2 is 1.75 bits per heavy atom. The Morgan fingerprint density at radius 3 is 2.20 bits per heavy atom. The molecule has 2 aliphatic rings. The lowest BCUT2D eigenvalue weighted by molar-refractivity contribution is -0.140. The molecule has 0 spiro atoms. The molecule has 0 aromatic rings. The van der Waals surface area contributed by atoms with E-state index in [2.05, 4.69) is 51.8 Å². The van der Waals surface area contributed by atoms with Crippen molar-refractivity contribution in [3.05, 3.63) is 0 Å². The average Bonchev–Trinajstić information content (AvgIpc) is 2.57. The lowest BCUT2D eigenvalue weighted by Gasteiger charge is -2.42. The standard InChI is InChI=1S/C16H30N2O2/c1-14(2)11-12(16(5,6)20-14)13(19)15(3,4)18-9-7-17-8-10-18/h12,17H,7-11H2,1-6H3. The van der Waals surface area contributed by atoms with Gasteiger partial charge in [-0.15, -0.1) is 0 Å². The molecule has 2 heterocycles. The number of rotatable bonds is 3. The van der Waals surface area contributed by atoms with Crippen LogP contribution in [0, 0.1) is 5.92 Å². The second-order valence-electron chi connectivity index (χ2n) is 7.88. The van der Waals surface area contributed by atoms with Gasteiger partial charge < -0.3 is 10.1 Å². The molecule has 2 saturated heterocycles. The zero-order valence-electron chi connectivity index (χ0n) is 13.9. The van der Waals surface area contributed by atoms with E-state index in [4.69, 9.17) is 4.74 Å². The summed E-state index contributed by atoms with van der Waals surface area (Å²) in [6.45, 7) is 16.2. The van der Waals surface area contributed by atoms with Crippen LogP contribution in [0.25, 0.3) is 0 Å². The van der Waals surface area contributed by atoms with Gasteiger partial charge in [-0.3, -0.25) is 9.69 Å². The minimum Gasteiger partial charge on any atom is -0.369 e. The Bertz CT molecular complexity index is 382. The number of ketones is 1. The molecular weight excluding hydrogens is 252 g/mol. The summed E-state index contributed by atoms with van der Waals surface area (Å²) in [5.74, 6) is 0.303. The van der Waals surface area contributed by atoms with E-state index in [-0.39, 0.29) is 17.1 Å². The van der Waals surface area contributed by atoms with Gasteiger partial charge in [-0.25, -0.2) is 0 Å². The van der Waals surface area contributed by atoms with Crippen molar-refractivity contribution in [3.8, 4) is 0 Å². The number of nitrogens with one attached hydrogen (secondary N) is 1. The molecule has 20 heavy (non-hydrogen) atoms. The molecule has 1 unspecified atom stereocenters. The molecule has 2 rings (SSSR count). The van der Waals surface area contributed by atoms with E-state index in [0.717, 1.165) is 32.6 Å². The van der Waals surface area contributed by atoms with Gasteiger partial charge in [-0.1, -0.05) is 0 Å². The molecule has 0 aliphatic carbocycles. The molecule has 0 aromatic carbocycles. The van der Waals surface area contributed by atoms with Crippen LogP contribution in [0.3, 0.4) is 0 Å². The zero-order valence-corrected chi connectivity index (χ0v) is 13.9. The smallest absolute Gasteiger partial charge is 0.158 e. The summed E-state index contributed by atoms with van der Waals surface area (Å²) in [4.78, 5) is 15.4. The van der Waals surface area contributed by atoms with Crippen molar-refractivity contribution in [2.75, 3.05) is 26.2 Å². The fourth-order valence-corrected chi connectivity index (χ4v) is 3.78. The molecule has 0 radical (unpaired) electrons. The molecule has 2 aliphatic heterocycles. The van der Waals surface area contributed by atoms with E-state index in [1.165, 1.54) is 0 Å². The maximum Gasteiger partial charge on any atom is 0.158 e. The zero-order chi connectivity index (χ0) is 15.2. The molecule has 0 amide bonds. The molecule has 0 bridgehead atoms. The van der Waals surface area contributed by atoms with Gasteiger partial charge in [0.1, 0.15) is 0 Å². The molecule has 0 saturated carbocycles. The molecule has 116 valence electrons. The van der Waals surface area contributed by atoms with E-state index in [9.17, 15) is 4.79 Å². The van der Waals surface area contributed by atoms with E-state index in [1.807, 2.05) is 0 Å². The predicted molar refractivity (Wildman–Crippen MR) is 80.9 cm³/mol. The van der Waals surface area contributed by atoms with Crippen LogP contribution in [0.1, 0.15) is 48.0 Å². The Morgan fingerprint density at radius 1 is 1.20 bits per heavy atom. The van der Waals surface area contributed by atoms with Gasteiger partial charge in [0.15, 0.2) is 5.78 Å². The fourth-order valence-electron chi connectivity index (χ4n) is 3.78. The van der Waals surface area contributed by atoms with Crippen molar-refractivity contribution in [2.45, 2.75) is 64.7 Å². The first-order chi connectivity index (χ1) is 9.06. The lowest BCUT2D eigenvalue weighted by Crippen LogP contribution is -2.59. The molecule has 2 fully saturated rings. The minimum atomic E-state index is -0.409. The quantitative estimate of drug-likeness (QED) is 0.857. The summed E-state index contributed by atoms with van der Waals surface area (Å²) < 4.78 is 6.10. The SMILES string of the molecule is CC1(C)CC(C(=O)C(C)(C)N2CCNCC2)C(C)(C)O1. The van der Waals surface area contributed by atoms with Crippen LogP contribution in [0.2, 0.25) is 0 Å². The van der Waals surface area contributed by atoms with Crippen LogP contribution < -0.4 is 5.32 Å². The van der Waals surface area contributed by atoms with Gasteiger partial charge in [0, 0.05) is 26.2 Å². The number of carbonyl (C=O) groups excluding carboxylic acids is 1. The Kier molecular flexibility index (Phi) is 4.04. The topological polar surface area (TPSA) is 41.6 Å². The number of hydrogen-bond donors (Lipinski definition) is 1. The first kappa shape index (κ1) is 15.9. The summed E-state index contributed by atoms with van der Waals surface area (Å²) in [7, 11) is 0. The van der Waals surface area contributed by atoms with Crippen LogP contribution in [0.5, 0.6) is 0 Å². The molecular formula is C16H30N2O2. The highest BCUT2D eigenvalue weighted by molar-refractivity contribution is 5.91. The highest BCUT2D eigenvalue weighted by Gasteiger charge is 2.53. The summed E-state index contributed by atoms with van der Waals surface area (Å²) in [5.41, 5.74) is -0.983. The van der Waals surface area contributed by atoms with Gasteiger partial charge in [0.25, 0.3) is 0 Å². The highest BCUT2D eigenvalue weighted by atomic mass is 16.5. The molecule has 1 atom stereocenters. The number of piperazine rings is 1. The third-order valence-corrected chi connectivity index (χ3v) is 4.90. The van der Waals surface area contributed by atoms with Crippen molar-refractivity contribution in [2.24, 2.45) is 5.92 Å². The van der Waals surface area contributed by atoms with Gasteiger partial charge in [-0.2, -0.15) is 0 Å². The maximum absolute atomic E-state index is 13.1. The first-order valence-corrected chi connectivity index (χ1v) is 7.76. The van der Waals surface area contributed by atoms with Crippen molar-refractivity contribution < 1.29 is 9.53 Å². The van der Waals surface area contributed by atoms with Gasteiger partial charge >= 0.3 is 0 Å². The number of carbonyl (C=O) groups is 1. The Balaban J connectivity index is 2.17.